The molecular weight excluding hydrogens is 318 g/mol. The molecule has 25 heavy (non-hydrogen) atoms. The number of H-pyrrole nitrogens is 1. The summed E-state index contributed by atoms with van der Waals surface area (Å²) in [6.07, 6.45) is 5.23. The average Bonchev–Trinajstić information content (AvgIpc) is 3.30. The van der Waals surface area contributed by atoms with Gasteiger partial charge in [-0.25, -0.2) is 0 Å². The first kappa shape index (κ1) is 15.0. The van der Waals surface area contributed by atoms with Gasteiger partial charge in [-0.05, 0) is 37.3 Å². The first-order valence-corrected chi connectivity index (χ1v) is 7.79. The first-order valence-electron chi connectivity index (χ1n) is 7.79. The molecular formula is C17H15N7O. The van der Waals surface area contributed by atoms with Gasteiger partial charge in [0.05, 0.1) is 11.7 Å². The minimum Gasteiger partial charge on any atom is -0.341 e. The monoisotopic (exact) mass is 333 g/mol. The molecule has 124 valence electrons. The number of amides is 1. The number of nitrogens with one attached hydrogen (secondary N) is 2. The molecule has 0 bridgehead atoms. The minimum atomic E-state index is -0.308. The van der Waals surface area contributed by atoms with Crippen LogP contribution < -0.4 is 5.32 Å². The number of nitrogens with zero attached hydrogens (tertiary/aromatic N) is 5. The van der Waals surface area contributed by atoms with Gasteiger partial charge < -0.3 is 5.32 Å². The molecule has 1 amide bonds. The van der Waals surface area contributed by atoms with E-state index in [1.54, 1.807) is 18.5 Å². The van der Waals surface area contributed by atoms with Gasteiger partial charge in [0.15, 0.2) is 11.5 Å². The summed E-state index contributed by atoms with van der Waals surface area (Å²) in [4.78, 5) is 16.5. The fourth-order valence-electron chi connectivity index (χ4n) is 2.60. The number of carbonyl (C=O) groups excluding carboxylic acids is 1. The topological polar surface area (TPSA) is 101 Å². The van der Waals surface area contributed by atoms with E-state index in [0.717, 1.165) is 11.2 Å². The molecule has 0 saturated heterocycles. The van der Waals surface area contributed by atoms with Crippen LogP contribution >= 0.6 is 0 Å². The fourth-order valence-corrected chi connectivity index (χ4v) is 2.60. The van der Waals surface area contributed by atoms with E-state index < -0.39 is 0 Å². The number of pyridine rings is 2. The molecule has 2 N–H and O–H groups in total. The van der Waals surface area contributed by atoms with E-state index in [2.05, 4.69) is 30.7 Å². The van der Waals surface area contributed by atoms with Gasteiger partial charge in [-0.15, -0.1) is 10.2 Å². The van der Waals surface area contributed by atoms with Crippen molar-refractivity contribution in [3.63, 3.8) is 0 Å². The van der Waals surface area contributed by atoms with E-state index >= 15 is 0 Å². The second-order valence-electron chi connectivity index (χ2n) is 5.58. The third kappa shape index (κ3) is 2.85. The molecule has 0 aliphatic heterocycles. The van der Waals surface area contributed by atoms with E-state index in [1.807, 2.05) is 47.9 Å². The quantitative estimate of drug-likeness (QED) is 0.595. The maximum atomic E-state index is 12.5. The summed E-state index contributed by atoms with van der Waals surface area (Å²) in [5.41, 5.74) is 2.70. The lowest BCUT2D eigenvalue weighted by Gasteiger charge is -2.11. The zero-order valence-electron chi connectivity index (χ0n) is 13.4. The zero-order valence-corrected chi connectivity index (χ0v) is 13.4. The largest absolute Gasteiger partial charge is 0.341 e. The van der Waals surface area contributed by atoms with Crippen molar-refractivity contribution < 1.29 is 4.79 Å². The molecule has 4 aromatic heterocycles. The van der Waals surface area contributed by atoms with Gasteiger partial charge in [0.1, 0.15) is 5.69 Å². The van der Waals surface area contributed by atoms with Crippen LogP contribution in [0.1, 0.15) is 29.3 Å². The first-order chi connectivity index (χ1) is 12.2. The molecule has 0 saturated carbocycles. The molecule has 8 heteroatoms. The zero-order chi connectivity index (χ0) is 17.2. The van der Waals surface area contributed by atoms with Gasteiger partial charge >= 0.3 is 0 Å². The molecule has 0 aliphatic carbocycles. The molecule has 0 radical (unpaired) electrons. The number of aromatic amines is 1. The van der Waals surface area contributed by atoms with Crippen molar-refractivity contribution >= 4 is 11.6 Å². The second kappa shape index (κ2) is 6.16. The highest BCUT2D eigenvalue weighted by Crippen LogP contribution is 2.17. The third-order valence-corrected chi connectivity index (χ3v) is 3.87. The Morgan fingerprint density at radius 2 is 2.04 bits per heavy atom. The highest BCUT2D eigenvalue weighted by molar-refractivity contribution is 5.93. The van der Waals surface area contributed by atoms with E-state index in [-0.39, 0.29) is 11.9 Å². The van der Waals surface area contributed by atoms with Crippen LogP contribution in [-0.2, 0) is 0 Å². The molecule has 0 spiro atoms. The van der Waals surface area contributed by atoms with Crippen LogP contribution in [0.15, 0.2) is 55.0 Å². The van der Waals surface area contributed by atoms with Crippen molar-refractivity contribution in [1.82, 2.24) is 35.1 Å². The maximum absolute atomic E-state index is 12.5. The lowest BCUT2D eigenvalue weighted by atomic mass is 10.2. The summed E-state index contributed by atoms with van der Waals surface area (Å²) in [7, 11) is 0. The van der Waals surface area contributed by atoms with Crippen molar-refractivity contribution in [2.45, 2.75) is 13.0 Å². The van der Waals surface area contributed by atoms with Crippen molar-refractivity contribution in [2.75, 3.05) is 0 Å². The summed E-state index contributed by atoms with van der Waals surface area (Å²) in [6, 6.07) is 10.7. The summed E-state index contributed by atoms with van der Waals surface area (Å²) >= 11 is 0. The summed E-state index contributed by atoms with van der Waals surface area (Å²) in [6.45, 7) is 1.86. The highest BCUT2D eigenvalue weighted by atomic mass is 16.2. The standard InChI is InChI=1S/C17H15N7O/c1-11(16-23-22-15-4-2-3-9-24(15)16)19-17(25)14-10-13(20-21-14)12-5-7-18-8-6-12/h2-11H,1H3,(H,19,25)(H,20,21). The molecule has 4 heterocycles. The number of carbonyl (C=O) groups is 1. The summed E-state index contributed by atoms with van der Waals surface area (Å²) in [5, 5.41) is 18.1. The lowest BCUT2D eigenvalue weighted by molar-refractivity contribution is 0.0933. The van der Waals surface area contributed by atoms with Crippen molar-refractivity contribution in [1.29, 1.82) is 0 Å². The van der Waals surface area contributed by atoms with Crippen LogP contribution in [0.25, 0.3) is 16.9 Å². The van der Waals surface area contributed by atoms with Crippen LogP contribution in [0.4, 0.5) is 0 Å². The lowest BCUT2D eigenvalue weighted by Crippen LogP contribution is -2.28. The molecule has 4 aromatic rings. The molecule has 1 unspecified atom stereocenters. The van der Waals surface area contributed by atoms with Crippen molar-refractivity contribution in [3.8, 4) is 11.3 Å². The van der Waals surface area contributed by atoms with Crippen LogP contribution in [0.5, 0.6) is 0 Å². The van der Waals surface area contributed by atoms with Crippen LogP contribution in [0, 0.1) is 0 Å². The Morgan fingerprint density at radius 1 is 1.20 bits per heavy atom. The van der Waals surface area contributed by atoms with Crippen molar-refractivity contribution in [2.24, 2.45) is 0 Å². The molecule has 0 fully saturated rings. The fraction of sp³-hybridized carbons (Fsp3) is 0.118. The van der Waals surface area contributed by atoms with Crippen LogP contribution in [0.2, 0.25) is 0 Å². The molecule has 4 rings (SSSR count). The second-order valence-corrected chi connectivity index (χ2v) is 5.58. The number of hydrogen-bond donors (Lipinski definition) is 2. The summed E-state index contributed by atoms with van der Waals surface area (Å²) < 4.78 is 1.85. The number of fused-ring (bicyclic) bond motifs is 1. The van der Waals surface area contributed by atoms with Gasteiger partial charge in [0, 0.05) is 24.2 Å². The Hall–Kier alpha value is -3.55. The van der Waals surface area contributed by atoms with Crippen LogP contribution in [-0.4, -0.2) is 35.7 Å². The molecule has 0 aromatic carbocycles. The normalized spacial score (nSPS) is 12.2. The SMILES string of the molecule is CC(NC(=O)c1cc(-c2ccncc2)n[nH]1)c1nnc2ccccn12. The Morgan fingerprint density at radius 3 is 2.88 bits per heavy atom. The molecule has 0 aliphatic rings. The third-order valence-electron chi connectivity index (χ3n) is 3.87. The molecule has 1 atom stereocenters. The van der Waals surface area contributed by atoms with Gasteiger partial charge in [0.25, 0.3) is 5.91 Å². The van der Waals surface area contributed by atoms with Gasteiger partial charge in [-0.2, -0.15) is 5.10 Å². The Balaban J connectivity index is 1.53. The van der Waals surface area contributed by atoms with Crippen molar-refractivity contribution in [3.05, 3.63) is 66.5 Å². The van der Waals surface area contributed by atoms with E-state index in [0.29, 0.717) is 17.2 Å². The van der Waals surface area contributed by atoms with E-state index in [9.17, 15) is 4.79 Å². The van der Waals surface area contributed by atoms with E-state index in [1.165, 1.54) is 0 Å². The predicted molar refractivity (Wildman–Crippen MR) is 90.7 cm³/mol. The Bertz CT molecular complexity index is 1020. The Labute approximate surface area is 142 Å². The number of hydrogen-bond acceptors (Lipinski definition) is 5. The number of rotatable bonds is 4. The highest BCUT2D eigenvalue weighted by Gasteiger charge is 2.18. The molecule has 8 nitrogen and oxygen atoms in total. The van der Waals surface area contributed by atoms with Crippen LogP contribution in [0.3, 0.4) is 0 Å². The number of aromatic nitrogens is 6. The summed E-state index contributed by atoms with van der Waals surface area (Å²) in [5.74, 6) is 0.408. The van der Waals surface area contributed by atoms with Gasteiger partial charge in [-0.1, -0.05) is 6.07 Å². The average molecular weight is 333 g/mol. The van der Waals surface area contributed by atoms with Gasteiger partial charge in [-0.3, -0.25) is 19.3 Å². The Kier molecular flexibility index (Phi) is 3.70. The van der Waals surface area contributed by atoms with E-state index in [4.69, 9.17) is 0 Å². The van der Waals surface area contributed by atoms with Gasteiger partial charge in [0.2, 0.25) is 0 Å². The predicted octanol–water partition coefficient (Wildman–Crippen LogP) is 2.01. The smallest absolute Gasteiger partial charge is 0.269 e. The minimum absolute atomic E-state index is 0.256. The maximum Gasteiger partial charge on any atom is 0.269 e.